The van der Waals surface area contributed by atoms with Crippen molar-refractivity contribution in [2.24, 2.45) is 0 Å². The van der Waals surface area contributed by atoms with E-state index >= 15 is 0 Å². The second-order valence-corrected chi connectivity index (χ2v) is 6.41. The molecule has 27 heavy (non-hydrogen) atoms. The fourth-order valence-corrected chi connectivity index (χ4v) is 2.70. The molecule has 2 aromatic carbocycles. The number of aromatic hydroxyl groups is 1. The van der Waals surface area contributed by atoms with Crippen LogP contribution in [0.5, 0.6) is 5.75 Å². The Morgan fingerprint density at radius 2 is 1.52 bits per heavy atom. The second-order valence-electron chi connectivity index (χ2n) is 6.41. The third-order valence-corrected chi connectivity index (χ3v) is 4.26. The highest BCUT2D eigenvalue weighted by Crippen LogP contribution is 2.28. The lowest BCUT2D eigenvalue weighted by molar-refractivity contribution is -0.206. The Hall–Kier alpha value is -2.50. The molecule has 0 spiro atoms. The van der Waals surface area contributed by atoms with Gasteiger partial charge in [-0.3, -0.25) is 0 Å². The number of rotatable bonds is 8. The van der Waals surface area contributed by atoms with E-state index in [9.17, 15) is 23.1 Å². The SMILES string of the molecule is CCCCCC[C@H](OC(=O)c1ccc(-c2ccc(O)cc2)cc1)C(F)(F)F. The quantitative estimate of drug-likeness (QED) is 0.443. The lowest BCUT2D eigenvalue weighted by Gasteiger charge is -2.20. The van der Waals surface area contributed by atoms with Crippen molar-refractivity contribution < 1.29 is 27.8 Å². The second kappa shape index (κ2) is 9.44. The summed E-state index contributed by atoms with van der Waals surface area (Å²) in [4.78, 5) is 12.1. The lowest BCUT2D eigenvalue weighted by atomic mass is 10.0. The van der Waals surface area contributed by atoms with E-state index in [0.717, 1.165) is 24.0 Å². The molecule has 2 rings (SSSR count). The molecule has 0 saturated carbocycles. The number of benzene rings is 2. The van der Waals surface area contributed by atoms with Gasteiger partial charge in [0.2, 0.25) is 0 Å². The van der Waals surface area contributed by atoms with Crippen molar-refractivity contribution in [3.8, 4) is 16.9 Å². The van der Waals surface area contributed by atoms with Gasteiger partial charge in [0.25, 0.3) is 0 Å². The highest BCUT2D eigenvalue weighted by Gasteiger charge is 2.42. The summed E-state index contributed by atoms with van der Waals surface area (Å²) in [6.07, 6.45) is -4.05. The number of phenols is 1. The number of unbranched alkanes of at least 4 members (excludes halogenated alkanes) is 3. The van der Waals surface area contributed by atoms with Crippen molar-refractivity contribution in [2.45, 2.75) is 51.3 Å². The maximum Gasteiger partial charge on any atom is 0.425 e. The largest absolute Gasteiger partial charge is 0.508 e. The van der Waals surface area contributed by atoms with Gasteiger partial charge in [-0.2, -0.15) is 13.2 Å². The normalized spacial score (nSPS) is 12.6. The number of carbonyl (C=O) groups excluding carboxylic acids is 1. The summed E-state index contributed by atoms with van der Waals surface area (Å²) in [5.41, 5.74) is 1.66. The zero-order valence-corrected chi connectivity index (χ0v) is 15.1. The van der Waals surface area contributed by atoms with Crippen LogP contribution >= 0.6 is 0 Å². The summed E-state index contributed by atoms with van der Waals surface area (Å²) < 4.78 is 44.1. The Kier molecular flexibility index (Phi) is 7.28. The lowest BCUT2D eigenvalue weighted by Crippen LogP contribution is -2.33. The van der Waals surface area contributed by atoms with Crippen LogP contribution in [0.3, 0.4) is 0 Å². The first-order chi connectivity index (χ1) is 12.8. The van der Waals surface area contributed by atoms with Gasteiger partial charge >= 0.3 is 12.1 Å². The average molecular weight is 380 g/mol. The van der Waals surface area contributed by atoms with Crippen LogP contribution in [-0.4, -0.2) is 23.4 Å². The molecular formula is C21H23F3O3. The van der Waals surface area contributed by atoms with Crippen LogP contribution < -0.4 is 0 Å². The molecule has 0 unspecified atom stereocenters. The number of phenolic OH excluding ortho intramolecular Hbond substituents is 1. The summed E-state index contributed by atoms with van der Waals surface area (Å²) in [6, 6.07) is 12.6. The standard InChI is InChI=1S/C21H23F3O3/c1-2-3-4-5-6-19(21(22,23)24)27-20(26)17-9-7-15(8-10-17)16-11-13-18(25)14-12-16/h7-14,19,25H,2-6H2,1H3/t19-/m0/s1. The molecule has 0 amide bonds. The summed E-state index contributed by atoms with van der Waals surface area (Å²) in [6.45, 7) is 1.98. The molecule has 0 heterocycles. The van der Waals surface area contributed by atoms with Crippen LogP contribution in [0.1, 0.15) is 49.4 Å². The predicted molar refractivity (Wildman–Crippen MR) is 97.6 cm³/mol. The summed E-state index contributed by atoms with van der Waals surface area (Å²) >= 11 is 0. The minimum Gasteiger partial charge on any atom is -0.508 e. The molecule has 2 aromatic rings. The van der Waals surface area contributed by atoms with Crippen LogP contribution in [0, 0.1) is 0 Å². The molecule has 6 heteroatoms. The first-order valence-corrected chi connectivity index (χ1v) is 8.98. The number of alkyl halides is 3. The molecule has 1 N–H and O–H groups in total. The maximum atomic E-state index is 13.1. The van der Waals surface area contributed by atoms with Gasteiger partial charge in [0, 0.05) is 0 Å². The molecule has 0 bridgehead atoms. The smallest absolute Gasteiger partial charge is 0.425 e. The maximum absolute atomic E-state index is 13.1. The van der Waals surface area contributed by atoms with E-state index in [0.29, 0.717) is 12.8 Å². The summed E-state index contributed by atoms with van der Waals surface area (Å²) in [5, 5.41) is 9.31. The molecule has 1 atom stereocenters. The molecule has 0 aliphatic carbocycles. The fourth-order valence-electron chi connectivity index (χ4n) is 2.70. The van der Waals surface area contributed by atoms with Gasteiger partial charge in [-0.05, 0) is 48.2 Å². The number of halogens is 3. The van der Waals surface area contributed by atoms with Gasteiger partial charge in [-0.25, -0.2) is 4.79 Å². The minimum atomic E-state index is -4.58. The topological polar surface area (TPSA) is 46.5 Å². The predicted octanol–water partition coefficient (Wildman–Crippen LogP) is 6.12. The van der Waals surface area contributed by atoms with Gasteiger partial charge in [-0.15, -0.1) is 0 Å². The number of esters is 1. The molecule has 0 saturated heterocycles. The number of hydrogen-bond acceptors (Lipinski definition) is 3. The van der Waals surface area contributed by atoms with E-state index in [4.69, 9.17) is 4.74 Å². The van der Waals surface area contributed by atoms with E-state index in [1.165, 1.54) is 24.3 Å². The molecule has 0 fully saturated rings. The highest BCUT2D eigenvalue weighted by atomic mass is 19.4. The summed E-state index contributed by atoms with van der Waals surface area (Å²) in [5.74, 6) is -0.846. The van der Waals surface area contributed by atoms with Gasteiger partial charge in [-0.1, -0.05) is 50.5 Å². The highest BCUT2D eigenvalue weighted by molar-refractivity contribution is 5.90. The monoisotopic (exact) mass is 380 g/mol. The van der Waals surface area contributed by atoms with Crippen molar-refractivity contribution in [3.63, 3.8) is 0 Å². The molecule has 0 aliphatic rings. The first kappa shape index (κ1) is 20.8. The van der Waals surface area contributed by atoms with E-state index in [-0.39, 0.29) is 17.7 Å². The van der Waals surface area contributed by atoms with E-state index in [1.807, 2.05) is 6.92 Å². The van der Waals surface area contributed by atoms with E-state index < -0.39 is 18.2 Å². The van der Waals surface area contributed by atoms with E-state index in [1.54, 1.807) is 24.3 Å². The number of hydrogen-bond donors (Lipinski definition) is 1. The minimum absolute atomic E-state index is 0.0698. The Bertz CT molecular complexity index is 722. The Morgan fingerprint density at radius 3 is 2.04 bits per heavy atom. The average Bonchev–Trinajstić information content (AvgIpc) is 2.64. The first-order valence-electron chi connectivity index (χ1n) is 8.98. The zero-order chi connectivity index (χ0) is 19.9. The number of ether oxygens (including phenoxy) is 1. The third kappa shape index (κ3) is 6.31. The zero-order valence-electron chi connectivity index (χ0n) is 15.1. The van der Waals surface area contributed by atoms with Crippen molar-refractivity contribution >= 4 is 5.97 Å². The summed E-state index contributed by atoms with van der Waals surface area (Å²) in [7, 11) is 0. The Labute approximate surface area is 156 Å². The molecule has 0 aromatic heterocycles. The van der Waals surface area contributed by atoms with Crippen LogP contribution in [0.25, 0.3) is 11.1 Å². The molecule has 146 valence electrons. The Balaban J connectivity index is 2.03. The van der Waals surface area contributed by atoms with Crippen molar-refractivity contribution in [1.82, 2.24) is 0 Å². The van der Waals surface area contributed by atoms with Crippen molar-refractivity contribution in [1.29, 1.82) is 0 Å². The number of carbonyl (C=O) groups is 1. The molecule has 0 aliphatic heterocycles. The van der Waals surface area contributed by atoms with Crippen molar-refractivity contribution in [3.05, 3.63) is 54.1 Å². The van der Waals surface area contributed by atoms with Crippen LogP contribution in [0.2, 0.25) is 0 Å². The van der Waals surface area contributed by atoms with Gasteiger partial charge < -0.3 is 9.84 Å². The third-order valence-electron chi connectivity index (χ3n) is 4.26. The van der Waals surface area contributed by atoms with Crippen LogP contribution in [-0.2, 0) is 4.74 Å². The Morgan fingerprint density at radius 1 is 0.963 bits per heavy atom. The molecular weight excluding hydrogens is 357 g/mol. The van der Waals surface area contributed by atoms with Gasteiger partial charge in [0.1, 0.15) is 5.75 Å². The van der Waals surface area contributed by atoms with Crippen molar-refractivity contribution in [2.75, 3.05) is 0 Å². The van der Waals surface area contributed by atoms with Crippen LogP contribution in [0.4, 0.5) is 13.2 Å². The van der Waals surface area contributed by atoms with Gasteiger partial charge in [0.15, 0.2) is 6.10 Å². The fraction of sp³-hybridized carbons (Fsp3) is 0.381. The van der Waals surface area contributed by atoms with Gasteiger partial charge in [0.05, 0.1) is 5.56 Å². The van der Waals surface area contributed by atoms with Crippen LogP contribution in [0.15, 0.2) is 48.5 Å². The van der Waals surface area contributed by atoms with E-state index in [2.05, 4.69) is 0 Å². The molecule has 0 radical (unpaired) electrons. The molecule has 3 nitrogen and oxygen atoms in total.